The number of halogens is 1. The maximum absolute atomic E-state index is 12.6. The average molecular weight is 400 g/mol. The number of aryl methyl sites for hydroxylation is 1. The third-order valence-electron chi connectivity index (χ3n) is 3.17. The summed E-state index contributed by atoms with van der Waals surface area (Å²) < 4.78 is 39.1. The second-order valence-electron chi connectivity index (χ2n) is 4.81. The van der Waals surface area contributed by atoms with Gasteiger partial charge in [-0.15, -0.1) is 0 Å². The highest BCUT2D eigenvalue weighted by molar-refractivity contribution is 9.10. The molecule has 0 saturated heterocycles. The van der Waals surface area contributed by atoms with Crippen LogP contribution in [-0.2, 0) is 10.0 Å². The third kappa shape index (κ3) is 4.17. The zero-order valence-corrected chi connectivity index (χ0v) is 15.5. The Labute approximate surface area is 144 Å². The van der Waals surface area contributed by atoms with E-state index in [1.54, 1.807) is 18.2 Å². The Morgan fingerprint density at radius 1 is 1.17 bits per heavy atom. The molecule has 0 radical (unpaired) electrons. The van der Waals surface area contributed by atoms with Gasteiger partial charge in [0.2, 0.25) is 0 Å². The number of methoxy groups -OCH3 is 1. The van der Waals surface area contributed by atoms with E-state index >= 15 is 0 Å². The summed E-state index contributed by atoms with van der Waals surface area (Å²) in [5, 5.41) is 0. The molecule has 124 valence electrons. The smallest absolute Gasteiger partial charge is 0.262 e. The molecule has 7 heteroatoms. The molecule has 5 nitrogen and oxygen atoms in total. The summed E-state index contributed by atoms with van der Waals surface area (Å²) in [4.78, 5) is 0.158. The van der Waals surface area contributed by atoms with Crippen molar-refractivity contribution in [2.75, 3.05) is 18.4 Å². The van der Waals surface area contributed by atoms with Crippen LogP contribution < -0.4 is 14.2 Å². The number of anilines is 1. The summed E-state index contributed by atoms with van der Waals surface area (Å²) in [6.45, 7) is 4.21. The van der Waals surface area contributed by atoms with Crippen LogP contribution in [0.1, 0.15) is 12.5 Å². The van der Waals surface area contributed by atoms with Gasteiger partial charge < -0.3 is 9.47 Å². The Morgan fingerprint density at radius 3 is 2.39 bits per heavy atom. The zero-order chi connectivity index (χ0) is 17.0. The van der Waals surface area contributed by atoms with Crippen molar-refractivity contribution >= 4 is 31.6 Å². The quantitative estimate of drug-likeness (QED) is 0.797. The predicted molar refractivity (Wildman–Crippen MR) is 93.9 cm³/mol. The molecule has 23 heavy (non-hydrogen) atoms. The summed E-state index contributed by atoms with van der Waals surface area (Å²) in [6, 6.07) is 9.80. The van der Waals surface area contributed by atoms with E-state index in [2.05, 4.69) is 20.7 Å². The van der Waals surface area contributed by atoms with Crippen molar-refractivity contribution in [3.63, 3.8) is 0 Å². The molecule has 1 N–H and O–H groups in total. The first kappa shape index (κ1) is 17.6. The number of benzene rings is 2. The maximum atomic E-state index is 12.6. The normalized spacial score (nSPS) is 11.1. The molecule has 0 atom stereocenters. The molecule has 0 aliphatic carbocycles. The van der Waals surface area contributed by atoms with E-state index in [-0.39, 0.29) is 4.90 Å². The Balaban J connectivity index is 2.35. The molecule has 0 amide bonds. The van der Waals surface area contributed by atoms with Gasteiger partial charge in [0.25, 0.3) is 10.0 Å². The van der Waals surface area contributed by atoms with E-state index in [1.165, 1.54) is 19.2 Å². The minimum Gasteiger partial charge on any atom is -0.495 e. The number of ether oxygens (including phenoxy) is 2. The van der Waals surface area contributed by atoms with Crippen molar-refractivity contribution in [2.24, 2.45) is 0 Å². The van der Waals surface area contributed by atoms with Gasteiger partial charge in [0.15, 0.2) is 0 Å². The summed E-state index contributed by atoms with van der Waals surface area (Å²) in [5.41, 5.74) is 1.18. The third-order valence-corrected chi connectivity index (χ3v) is 4.99. The van der Waals surface area contributed by atoms with Gasteiger partial charge in [-0.05, 0) is 55.8 Å². The van der Waals surface area contributed by atoms with E-state index in [4.69, 9.17) is 9.47 Å². The Morgan fingerprint density at radius 2 is 1.83 bits per heavy atom. The van der Waals surface area contributed by atoms with Crippen LogP contribution in [0.4, 0.5) is 5.69 Å². The summed E-state index contributed by atoms with van der Waals surface area (Å²) >= 11 is 3.36. The second-order valence-corrected chi connectivity index (χ2v) is 7.41. The lowest BCUT2D eigenvalue weighted by Gasteiger charge is -2.15. The number of hydrogen-bond acceptors (Lipinski definition) is 4. The van der Waals surface area contributed by atoms with Gasteiger partial charge in [-0.25, -0.2) is 8.42 Å². The standard InChI is InChI=1S/C16H18BrNO4S/c1-4-22-13-5-7-14(8-6-13)23(19,20)18-16-11(2)9-12(17)10-15(16)21-3/h5-10,18H,4H2,1-3H3. The van der Waals surface area contributed by atoms with Crippen molar-refractivity contribution in [1.29, 1.82) is 0 Å². The first-order valence-electron chi connectivity index (χ1n) is 6.97. The minimum atomic E-state index is -3.71. The molecule has 0 aromatic heterocycles. The van der Waals surface area contributed by atoms with E-state index in [0.717, 1.165) is 10.0 Å². The highest BCUT2D eigenvalue weighted by Gasteiger charge is 2.18. The lowest BCUT2D eigenvalue weighted by atomic mass is 10.2. The molecule has 0 saturated carbocycles. The highest BCUT2D eigenvalue weighted by atomic mass is 79.9. The average Bonchev–Trinajstić information content (AvgIpc) is 2.50. The number of sulfonamides is 1. The summed E-state index contributed by atoms with van der Waals surface area (Å²) in [6.07, 6.45) is 0. The van der Waals surface area contributed by atoms with Crippen molar-refractivity contribution in [2.45, 2.75) is 18.7 Å². The Hall–Kier alpha value is -1.73. The Kier molecular flexibility index (Phi) is 5.54. The number of nitrogens with one attached hydrogen (secondary N) is 1. The van der Waals surface area contributed by atoms with Gasteiger partial charge in [-0.1, -0.05) is 15.9 Å². The molecular formula is C16H18BrNO4S. The molecule has 0 bridgehead atoms. The molecule has 0 aliphatic heterocycles. The lowest BCUT2D eigenvalue weighted by molar-refractivity contribution is 0.340. The van der Waals surface area contributed by atoms with Crippen LogP contribution in [0, 0.1) is 6.92 Å². The van der Waals surface area contributed by atoms with Crippen LogP contribution in [0.3, 0.4) is 0 Å². The fraction of sp³-hybridized carbons (Fsp3) is 0.250. The van der Waals surface area contributed by atoms with Gasteiger partial charge in [0.05, 0.1) is 24.3 Å². The van der Waals surface area contributed by atoms with Crippen molar-refractivity contribution in [3.8, 4) is 11.5 Å². The van der Waals surface area contributed by atoms with Crippen LogP contribution >= 0.6 is 15.9 Å². The first-order chi connectivity index (χ1) is 10.9. The number of rotatable bonds is 6. The van der Waals surface area contributed by atoms with E-state index in [9.17, 15) is 8.42 Å². The Bertz CT molecular complexity index is 788. The predicted octanol–water partition coefficient (Wildman–Crippen LogP) is 3.97. The topological polar surface area (TPSA) is 64.6 Å². The monoisotopic (exact) mass is 399 g/mol. The number of hydrogen-bond donors (Lipinski definition) is 1. The largest absolute Gasteiger partial charge is 0.495 e. The van der Waals surface area contributed by atoms with Gasteiger partial charge >= 0.3 is 0 Å². The molecule has 0 heterocycles. The second kappa shape index (κ2) is 7.23. The fourth-order valence-corrected chi connectivity index (χ4v) is 3.77. The molecule has 0 unspecified atom stereocenters. The molecule has 2 aromatic rings. The minimum absolute atomic E-state index is 0.158. The zero-order valence-electron chi connectivity index (χ0n) is 13.1. The molecular weight excluding hydrogens is 382 g/mol. The van der Waals surface area contributed by atoms with Gasteiger partial charge in [0, 0.05) is 4.47 Å². The van der Waals surface area contributed by atoms with E-state index in [1.807, 2.05) is 19.9 Å². The fourth-order valence-electron chi connectivity index (χ4n) is 2.08. The maximum Gasteiger partial charge on any atom is 0.262 e. The lowest BCUT2D eigenvalue weighted by Crippen LogP contribution is -2.14. The van der Waals surface area contributed by atoms with Gasteiger partial charge in [-0.2, -0.15) is 0 Å². The van der Waals surface area contributed by atoms with E-state index < -0.39 is 10.0 Å². The highest BCUT2D eigenvalue weighted by Crippen LogP contribution is 2.33. The van der Waals surface area contributed by atoms with Crippen molar-refractivity contribution < 1.29 is 17.9 Å². The van der Waals surface area contributed by atoms with Gasteiger partial charge in [-0.3, -0.25) is 4.72 Å². The van der Waals surface area contributed by atoms with Crippen molar-refractivity contribution in [3.05, 3.63) is 46.4 Å². The van der Waals surface area contributed by atoms with Crippen LogP contribution in [0.2, 0.25) is 0 Å². The SMILES string of the molecule is CCOc1ccc(S(=O)(=O)Nc2c(C)cc(Br)cc2OC)cc1. The summed E-state index contributed by atoms with van der Waals surface area (Å²) in [5.74, 6) is 1.08. The molecule has 2 aromatic carbocycles. The molecule has 0 spiro atoms. The van der Waals surface area contributed by atoms with Crippen LogP contribution in [0.15, 0.2) is 45.8 Å². The van der Waals surface area contributed by atoms with Crippen LogP contribution in [-0.4, -0.2) is 22.1 Å². The van der Waals surface area contributed by atoms with Crippen LogP contribution in [0.5, 0.6) is 11.5 Å². The van der Waals surface area contributed by atoms with Gasteiger partial charge in [0.1, 0.15) is 11.5 Å². The first-order valence-corrected chi connectivity index (χ1v) is 9.25. The summed E-state index contributed by atoms with van der Waals surface area (Å²) in [7, 11) is -2.22. The van der Waals surface area contributed by atoms with E-state index in [0.29, 0.717) is 23.8 Å². The molecule has 0 fully saturated rings. The molecule has 2 rings (SSSR count). The van der Waals surface area contributed by atoms with Crippen LogP contribution in [0.25, 0.3) is 0 Å². The molecule has 0 aliphatic rings. The van der Waals surface area contributed by atoms with Crippen molar-refractivity contribution in [1.82, 2.24) is 0 Å².